The number of aromatic nitrogens is 2. The molecule has 304 valence electrons. The lowest BCUT2D eigenvalue weighted by Gasteiger charge is -2.28. The first-order chi connectivity index (χ1) is 27.4. The molecule has 2 N–H and O–H groups in total. The van der Waals surface area contributed by atoms with E-state index in [2.05, 4.69) is 33.0 Å². The standard InChI is InChI=1S/C24H21F3N4O2.C19H18F3NO.ClH/c25-24(26,27)19-6-8-20(9-7-19)33-21-4-1-3-18(16-21)15-17-10-13-31(14-11-17)23(32)29-22-5-2-12-28-30-22;20-19(21,22)16-4-6-17(7-5-16)24-18-3-1-2-15(13-18)12-14-8-10-23-11-9-14;/h1-9,12,15-16H,10-11,13-14H2,(H,29,30,32);1-7,12-13,23H,8-11H2;1H. The van der Waals surface area contributed by atoms with Gasteiger partial charge in [-0.2, -0.15) is 31.4 Å². The molecule has 5 aromatic rings. The van der Waals surface area contributed by atoms with Crippen LogP contribution in [-0.4, -0.2) is 47.3 Å². The van der Waals surface area contributed by atoms with Crippen LogP contribution in [0.15, 0.2) is 127 Å². The molecule has 0 radical (unpaired) electrons. The van der Waals surface area contributed by atoms with Crippen molar-refractivity contribution in [1.82, 2.24) is 20.4 Å². The number of nitrogens with zero attached hydrogens (tertiary/aromatic N) is 3. The fourth-order valence-electron chi connectivity index (χ4n) is 6.09. The summed E-state index contributed by atoms with van der Waals surface area (Å²) in [4.78, 5) is 14.1. The molecule has 1 aromatic heterocycles. The summed E-state index contributed by atoms with van der Waals surface area (Å²) >= 11 is 0. The number of nitrogens with one attached hydrogen (secondary N) is 2. The van der Waals surface area contributed by atoms with Crippen molar-refractivity contribution < 1.29 is 40.6 Å². The molecule has 2 aliphatic heterocycles. The highest BCUT2D eigenvalue weighted by Crippen LogP contribution is 2.33. The third-order valence-corrected chi connectivity index (χ3v) is 9.04. The number of hydrogen-bond donors (Lipinski definition) is 2. The number of benzene rings is 4. The van der Waals surface area contributed by atoms with Gasteiger partial charge in [0, 0.05) is 19.3 Å². The number of rotatable bonds is 7. The van der Waals surface area contributed by atoms with Crippen LogP contribution in [0.3, 0.4) is 0 Å². The molecule has 2 amide bonds. The van der Waals surface area contributed by atoms with E-state index in [1.165, 1.54) is 41.6 Å². The average Bonchev–Trinajstić information content (AvgIpc) is 3.19. The number of hydrogen-bond acceptors (Lipinski definition) is 6. The van der Waals surface area contributed by atoms with E-state index in [-0.39, 0.29) is 18.4 Å². The highest BCUT2D eigenvalue weighted by atomic mass is 35.5. The molecule has 0 spiro atoms. The number of carbonyl (C=O) groups is 1. The average molecular weight is 824 g/mol. The van der Waals surface area contributed by atoms with Crippen molar-refractivity contribution in [1.29, 1.82) is 0 Å². The molecule has 0 unspecified atom stereocenters. The van der Waals surface area contributed by atoms with Crippen LogP contribution in [-0.2, 0) is 12.4 Å². The number of amides is 2. The normalized spacial score (nSPS) is 14.3. The first kappa shape index (κ1) is 43.3. The maximum absolute atomic E-state index is 12.7. The van der Waals surface area contributed by atoms with Crippen LogP contribution in [0, 0.1) is 0 Å². The van der Waals surface area contributed by atoms with Crippen molar-refractivity contribution in [2.75, 3.05) is 31.5 Å². The predicted octanol–water partition coefficient (Wildman–Crippen LogP) is 11.7. The number of alkyl halides is 6. The van der Waals surface area contributed by atoms with Crippen LogP contribution < -0.4 is 20.1 Å². The van der Waals surface area contributed by atoms with Gasteiger partial charge in [0.15, 0.2) is 5.82 Å². The van der Waals surface area contributed by atoms with Crippen molar-refractivity contribution in [2.24, 2.45) is 0 Å². The molecular weight excluding hydrogens is 784 g/mol. The van der Waals surface area contributed by atoms with E-state index in [0.29, 0.717) is 41.9 Å². The lowest BCUT2D eigenvalue weighted by atomic mass is 10.0. The zero-order valence-corrected chi connectivity index (χ0v) is 31.8. The highest BCUT2D eigenvalue weighted by Gasteiger charge is 2.31. The first-order valence-corrected chi connectivity index (χ1v) is 18.2. The minimum Gasteiger partial charge on any atom is -0.457 e. The smallest absolute Gasteiger partial charge is 0.416 e. The Labute approximate surface area is 338 Å². The molecule has 2 aliphatic rings. The van der Waals surface area contributed by atoms with Gasteiger partial charge in [-0.25, -0.2) is 4.79 Å². The Kier molecular flexibility index (Phi) is 14.9. The Morgan fingerprint density at radius 3 is 1.57 bits per heavy atom. The SMILES string of the molecule is Cl.FC(F)(F)c1ccc(Oc2cccc(C=C3CCNCC3)c2)cc1.O=C(Nc1cccnn1)N1CCC(=Cc2cccc(Oc3ccc(C(F)(F)F)cc3)c2)CC1. The van der Waals surface area contributed by atoms with Gasteiger partial charge < -0.3 is 19.7 Å². The number of anilines is 1. The van der Waals surface area contributed by atoms with Crippen molar-refractivity contribution >= 4 is 36.4 Å². The summed E-state index contributed by atoms with van der Waals surface area (Å²) in [5, 5.41) is 13.6. The molecular formula is C43H40ClF6N5O3. The fourth-order valence-corrected chi connectivity index (χ4v) is 6.09. The number of ether oxygens (including phenoxy) is 2. The molecule has 3 heterocycles. The van der Waals surface area contributed by atoms with Crippen molar-refractivity contribution in [3.8, 4) is 23.0 Å². The Hall–Kier alpha value is -5.86. The van der Waals surface area contributed by atoms with Gasteiger partial charge in [0.1, 0.15) is 23.0 Å². The van der Waals surface area contributed by atoms with E-state index >= 15 is 0 Å². The second kappa shape index (κ2) is 20.0. The molecule has 4 aromatic carbocycles. The number of carbonyl (C=O) groups excluding carboxylic acids is 1. The molecule has 2 fully saturated rings. The first-order valence-electron chi connectivity index (χ1n) is 18.2. The summed E-state index contributed by atoms with van der Waals surface area (Å²) in [5.74, 6) is 2.27. The Morgan fingerprint density at radius 2 is 1.12 bits per heavy atom. The van der Waals surface area contributed by atoms with Gasteiger partial charge in [-0.05, 0) is 135 Å². The van der Waals surface area contributed by atoms with E-state index in [1.54, 1.807) is 29.2 Å². The van der Waals surface area contributed by atoms with Gasteiger partial charge in [-0.15, -0.1) is 17.5 Å². The van der Waals surface area contributed by atoms with E-state index < -0.39 is 23.5 Å². The van der Waals surface area contributed by atoms with E-state index in [4.69, 9.17) is 9.47 Å². The van der Waals surface area contributed by atoms with Gasteiger partial charge >= 0.3 is 18.4 Å². The van der Waals surface area contributed by atoms with Crippen LogP contribution in [0.1, 0.15) is 47.9 Å². The van der Waals surface area contributed by atoms with E-state index in [9.17, 15) is 31.1 Å². The molecule has 15 heteroatoms. The Morgan fingerprint density at radius 1 is 0.638 bits per heavy atom. The number of likely N-dealkylation sites (tertiary alicyclic amines) is 1. The third kappa shape index (κ3) is 13.1. The maximum Gasteiger partial charge on any atom is 0.416 e. The summed E-state index contributed by atoms with van der Waals surface area (Å²) in [7, 11) is 0. The van der Waals surface area contributed by atoms with Crippen LogP contribution in [0.25, 0.3) is 12.2 Å². The van der Waals surface area contributed by atoms with Gasteiger partial charge in [0.05, 0.1) is 11.1 Å². The van der Waals surface area contributed by atoms with Crippen LogP contribution in [0.5, 0.6) is 23.0 Å². The van der Waals surface area contributed by atoms with Gasteiger partial charge in [0.25, 0.3) is 0 Å². The van der Waals surface area contributed by atoms with Gasteiger partial charge in [-0.1, -0.05) is 47.6 Å². The third-order valence-electron chi connectivity index (χ3n) is 9.04. The fraction of sp³-hybridized carbons (Fsp3) is 0.233. The van der Waals surface area contributed by atoms with Crippen molar-refractivity contribution in [3.05, 3.63) is 149 Å². The van der Waals surface area contributed by atoms with E-state index in [0.717, 1.165) is 74.2 Å². The maximum atomic E-state index is 12.7. The summed E-state index contributed by atoms with van der Waals surface area (Å²) in [6.07, 6.45) is 0.564. The summed E-state index contributed by atoms with van der Waals surface area (Å²) in [6.45, 7) is 3.15. The molecule has 58 heavy (non-hydrogen) atoms. The van der Waals surface area contributed by atoms with Crippen molar-refractivity contribution in [3.63, 3.8) is 0 Å². The van der Waals surface area contributed by atoms with Gasteiger partial charge in [0.2, 0.25) is 0 Å². The van der Waals surface area contributed by atoms with Crippen LogP contribution in [0.4, 0.5) is 37.0 Å². The largest absolute Gasteiger partial charge is 0.457 e. The summed E-state index contributed by atoms with van der Waals surface area (Å²) < 4.78 is 87.2. The zero-order chi connectivity index (χ0) is 40.3. The predicted molar refractivity (Wildman–Crippen MR) is 213 cm³/mol. The lowest BCUT2D eigenvalue weighted by Crippen LogP contribution is -2.39. The zero-order valence-electron chi connectivity index (χ0n) is 31.0. The molecule has 0 atom stereocenters. The monoisotopic (exact) mass is 823 g/mol. The molecule has 0 bridgehead atoms. The minimum absolute atomic E-state index is 0. The molecule has 0 saturated carbocycles. The molecule has 0 aliphatic carbocycles. The minimum atomic E-state index is -4.38. The second-order valence-corrected chi connectivity index (χ2v) is 13.3. The number of piperidine rings is 2. The van der Waals surface area contributed by atoms with Gasteiger partial charge in [-0.3, -0.25) is 5.32 Å². The number of urea groups is 1. The quantitative estimate of drug-likeness (QED) is 0.159. The Bertz CT molecular complexity index is 2150. The lowest BCUT2D eigenvalue weighted by molar-refractivity contribution is -0.138. The van der Waals surface area contributed by atoms with Crippen molar-refractivity contribution in [2.45, 2.75) is 38.0 Å². The summed E-state index contributed by atoms with van der Waals surface area (Å²) in [6, 6.07) is 27.4. The molecule has 2 saturated heterocycles. The van der Waals surface area contributed by atoms with Crippen LogP contribution in [0.2, 0.25) is 0 Å². The topological polar surface area (TPSA) is 88.6 Å². The van der Waals surface area contributed by atoms with Crippen LogP contribution >= 0.6 is 12.4 Å². The second-order valence-electron chi connectivity index (χ2n) is 13.3. The molecule has 8 nitrogen and oxygen atoms in total. The molecule has 7 rings (SSSR count). The van der Waals surface area contributed by atoms with E-state index in [1.807, 2.05) is 36.4 Å². The number of halogens is 7. The highest BCUT2D eigenvalue weighted by molar-refractivity contribution is 5.88. The Balaban J connectivity index is 0.000000228. The summed E-state index contributed by atoms with van der Waals surface area (Å²) in [5.41, 5.74) is 3.15.